The predicted molar refractivity (Wildman–Crippen MR) is 129 cm³/mol. The molecule has 2 aromatic rings. The van der Waals surface area contributed by atoms with Crippen LogP contribution in [0.5, 0.6) is 5.75 Å². The average molecular weight is 483 g/mol. The molecule has 31 heavy (non-hydrogen) atoms. The maximum atomic E-state index is 11.1. The molecule has 0 aromatic heterocycles. The minimum Gasteiger partial charge on any atom is -0.492 e. The number of hydrogen-bond acceptors (Lipinski definition) is 3. The van der Waals surface area contributed by atoms with Gasteiger partial charge in [-0.25, -0.2) is 0 Å². The summed E-state index contributed by atoms with van der Waals surface area (Å²) in [5.41, 5.74) is 3.14. The molecule has 1 spiro atoms. The molecule has 1 fully saturated rings. The lowest BCUT2D eigenvalue weighted by molar-refractivity contribution is -0.141. The molecule has 1 unspecified atom stereocenters. The highest BCUT2D eigenvalue weighted by molar-refractivity contribution is 6.37. The van der Waals surface area contributed by atoms with Crippen LogP contribution in [0.15, 0.2) is 36.4 Å². The third-order valence-corrected chi connectivity index (χ3v) is 6.95. The molecule has 166 valence electrons. The molecular formula is C24H26Cl3NO3. The van der Waals surface area contributed by atoms with Gasteiger partial charge in [-0.15, -0.1) is 12.4 Å². The third-order valence-electron chi connectivity index (χ3n) is 6.29. The molecule has 4 rings (SSSR count). The molecule has 2 aliphatic rings. The minimum atomic E-state index is -0.733. The van der Waals surface area contributed by atoms with Gasteiger partial charge in [0.1, 0.15) is 5.75 Å². The number of hydrogen-bond donors (Lipinski definition) is 1. The lowest BCUT2D eigenvalue weighted by Crippen LogP contribution is -2.45. The Morgan fingerprint density at radius 1 is 1.19 bits per heavy atom. The van der Waals surface area contributed by atoms with Crippen LogP contribution in [0.2, 0.25) is 10.0 Å². The third kappa shape index (κ3) is 5.04. The van der Waals surface area contributed by atoms with Gasteiger partial charge in [0.15, 0.2) is 0 Å². The van der Waals surface area contributed by atoms with Crippen molar-refractivity contribution in [1.82, 2.24) is 4.90 Å². The summed E-state index contributed by atoms with van der Waals surface area (Å²) < 4.78 is 6.09. The number of piperidine rings is 1. The van der Waals surface area contributed by atoms with Crippen molar-refractivity contribution in [2.45, 2.75) is 25.2 Å². The number of likely N-dealkylation sites (tertiary alicyclic amines) is 1. The topological polar surface area (TPSA) is 49.8 Å². The first-order valence-corrected chi connectivity index (χ1v) is 11.0. The second-order valence-electron chi connectivity index (χ2n) is 8.33. The molecule has 2 aromatic carbocycles. The highest BCUT2D eigenvalue weighted by atomic mass is 35.5. The Bertz CT molecular complexity index is 964. The Balaban J connectivity index is 0.00000272. The van der Waals surface area contributed by atoms with Gasteiger partial charge in [0, 0.05) is 33.1 Å². The van der Waals surface area contributed by atoms with Crippen molar-refractivity contribution >= 4 is 53.7 Å². The zero-order valence-electron chi connectivity index (χ0n) is 17.3. The number of carbonyl (C=O) groups is 1. The van der Waals surface area contributed by atoms with Gasteiger partial charge < -0.3 is 14.7 Å². The van der Waals surface area contributed by atoms with Gasteiger partial charge >= 0.3 is 5.97 Å². The summed E-state index contributed by atoms with van der Waals surface area (Å²) in [6.45, 7) is 4.85. The van der Waals surface area contributed by atoms with Gasteiger partial charge in [0.25, 0.3) is 0 Å². The van der Waals surface area contributed by atoms with E-state index in [2.05, 4.69) is 23.1 Å². The summed E-state index contributed by atoms with van der Waals surface area (Å²) in [7, 11) is 0. The van der Waals surface area contributed by atoms with Crippen LogP contribution in [0.4, 0.5) is 0 Å². The second kappa shape index (κ2) is 9.83. The largest absolute Gasteiger partial charge is 0.492 e. The van der Waals surface area contributed by atoms with Crippen LogP contribution in [0.25, 0.3) is 12.2 Å². The molecule has 2 heterocycles. The first-order valence-electron chi connectivity index (χ1n) is 10.2. The lowest BCUT2D eigenvalue weighted by atomic mass is 9.74. The molecule has 1 saturated heterocycles. The number of carboxylic acid groups (broad SMARTS) is 1. The molecule has 1 atom stereocenters. The molecule has 7 heteroatoms. The van der Waals surface area contributed by atoms with E-state index in [9.17, 15) is 4.79 Å². The number of fused-ring (bicyclic) bond motifs is 2. The SMILES string of the molecule is CC(CN1CCC2(CC1)COc1cc(/C=C/c3c(Cl)cccc3Cl)ccc12)C(=O)O.Cl. The maximum absolute atomic E-state index is 11.1. The van der Waals surface area contributed by atoms with Crippen molar-refractivity contribution in [1.29, 1.82) is 0 Å². The highest BCUT2D eigenvalue weighted by Gasteiger charge is 2.43. The van der Waals surface area contributed by atoms with E-state index >= 15 is 0 Å². The van der Waals surface area contributed by atoms with Gasteiger partial charge in [-0.3, -0.25) is 4.79 Å². The van der Waals surface area contributed by atoms with E-state index in [1.54, 1.807) is 6.92 Å². The van der Waals surface area contributed by atoms with E-state index in [1.165, 1.54) is 5.56 Å². The van der Waals surface area contributed by atoms with Crippen LogP contribution >= 0.6 is 35.6 Å². The second-order valence-corrected chi connectivity index (χ2v) is 9.15. The number of nitrogens with zero attached hydrogens (tertiary/aromatic N) is 1. The summed E-state index contributed by atoms with van der Waals surface area (Å²) in [4.78, 5) is 13.4. The Morgan fingerprint density at radius 2 is 1.87 bits per heavy atom. The van der Waals surface area contributed by atoms with Crippen molar-refractivity contribution in [3.05, 3.63) is 63.1 Å². The number of benzene rings is 2. The summed E-state index contributed by atoms with van der Waals surface area (Å²) in [5, 5.41) is 10.4. The number of halogens is 3. The highest BCUT2D eigenvalue weighted by Crippen LogP contribution is 2.46. The van der Waals surface area contributed by atoms with Crippen LogP contribution in [0.3, 0.4) is 0 Å². The lowest BCUT2D eigenvalue weighted by Gasteiger charge is -2.39. The molecule has 4 nitrogen and oxygen atoms in total. The van der Waals surface area contributed by atoms with Gasteiger partial charge in [0.05, 0.1) is 12.5 Å². The molecule has 1 N–H and O–H groups in total. The molecule has 0 saturated carbocycles. The summed E-state index contributed by atoms with van der Waals surface area (Å²) >= 11 is 12.5. The van der Waals surface area contributed by atoms with Crippen LogP contribution in [0.1, 0.15) is 36.5 Å². The normalized spacial score (nSPS) is 18.4. The van der Waals surface area contributed by atoms with E-state index in [1.807, 2.05) is 30.4 Å². The van der Waals surface area contributed by atoms with Crippen molar-refractivity contribution in [3.63, 3.8) is 0 Å². The molecule has 2 aliphatic heterocycles. The Morgan fingerprint density at radius 3 is 2.52 bits per heavy atom. The van der Waals surface area contributed by atoms with Gasteiger partial charge in [-0.2, -0.15) is 0 Å². The standard InChI is InChI=1S/C24H25Cl2NO3.ClH/c1-16(23(28)29)14-27-11-9-24(10-12-27)15-30-22-13-17(6-8-19(22)24)5-7-18-20(25)3-2-4-21(18)26;/h2-8,13,16H,9-12,14-15H2,1H3,(H,28,29);1H/b7-5+;. The van der Waals surface area contributed by atoms with Crippen LogP contribution in [-0.2, 0) is 10.2 Å². The zero-order chi connectivity index (χ0) is 21.3. The monoisotopic (exact) mass is 481 g/mol. The predicted octanol–water partition coefficient (Wildman–Crippen LogP) is 6.03. The summed E-state index contributed by atoms with van der Waals surface area (Å²) in [6, 6.07) is 11.8. The Hall–Kier alpha value is -1.72. The first-order chi connectivity index (χ1) is 14.4. The summed E-state index contributed by atoms with van der Waals surface area (Å²) in [5.74, 6) is -0.134. The average Bonchev–Trinajstić information content (AvgIpc) is 3.07. The van der Waals surface area contributed by atoms with Crippen LogP contribution < -0.4 is 4.74 Å². The smallest absolute Gasteiger partial charge is 0.307 e. The van der Waals surface area contributed by atoms with E-state index < -0.39 is 5.97 Å². The van der Waals surface area contributed by atoms with Crippen molar-refractivity contribution in [3.8, 4) is 5.75 Å². The van der Waals surface area contributed by atoms with E-state index in [0.717, 1.165) is 42.8 Å². The number of ether oxygens (including phenoxy) is 1. The Kier molecular flexibility index (Phi) is 7.59. The fourth-order valence-electron chi connectivity index (χ4n) is 4.39. The van der Waals surface area contributed by atoms with E-state index in [4.69, 9.17) is 33.0 Å². The van der Waals surface area contributed by atoms with E-state index in [0.29, 0.717) is 23.2 Å². The van der Waals surface area contributed by atoms with Gasteiger partial charge in [-0.05, 0) is 49.7 Å². The van der Waals surface area contributed by atoms with Gasteiger partial charge in [-0.1, -0.05) is 60.5 Å². The van der Waals surface area contributed by atoms with Crippen molar-refractivity contribution in [2.24, 2.45) is 5.92 Å². The van der Waals surface area contributed by atoms with Crippen molar-refractivity contribution < 1.29 is 14.6 Å². The first kappa shape index (κ1) is 23.9. The fraction of sp³-hybridized carbons (Fsp3) is 0.375. The van der Waals surface area contributed by atoms with E-state index in [-0.39, 0.29) is 23.7 Å². The summed E-state index contributed by atoms with van der Waals surface area (Å²) in [6.07, 6.45) is 5.89. The quantitative estimate of drug-likeness (QED) is 0.528. The van der Waals surface area contributed by atoms with Crippen LogP contribution in [0, 0.1) is 5.92 Å². The van der Waals surface area contributed by atoms with Crippen LogP contribution in [-0.4, -0.2) is 42.2 Å². The fourth-order valence-corrected chi connectivity index (χ4v) is 4.91. The Labute approximate surface area is 199 Å². The zero-order valence-corrected chi connectivity index (χ0v) is 19.6. The molecule has 0 bridgehead atoms. The van der Waals surface area contributed by atoms with Crippen molar-refractivity contribution in [2.75, 3.05) is 26.2 Å². The molecular weight excluding hydrogens is 457 g/mol. The van der Waals surface area contributed by atoms with Gasteiger partial charge in [0.2, 0.25) is 0 Å². The molecule has 0 amide bonds. The molecule has 0 radical (unpaired) electrons. The number of rotatable bonds is 5. The molecule has 0 aliphatic carbocycles. The number of aliphatic carboxylic acids is 1. The minimum absolute atomic E-state index is 0. The maximum Gasteiger partial charge on any atom is 0.307 e. The number of carboxylic acids is 1.